The zero-order valence-corrected chi connectivity index (χ0v) is 14.2. The fourth-order valence-electron chi connectivity index (χ4n) is 3.66. The average molecular weight is 333 g/mol. The molecular formula is C21H19NO3. The predicted molar refractivity (Wildman–Crippen MR) is 98.6 cm³/mol. The number of amides is 1. The molecule has 0 spiro atoms. The van der Waals surface area contributed by atoms with Crippen LogP contribution in [-0.4, -0.2) is 20.1 Å². The van der Waals surface area contributed by atoms with Crippen molar-refractivity contribution >= 4 is 22.4 Å². The van der Waals surface area contributed by atoms with Gasteiger partial charge in [-0.15, -0.1) is 0 Å². The highest BCUT2D eigenvalue weighted by Gasteiger charge is 2.31. The maximum atomic E-state index is 12.4. The molecule has 1 aliphatic rings. The van der Waals surface area contributed by atoms with E-state index in [9.17, 15) is 4.79 Å². The number of benzene rings is 3. The smallest absolute Gasteiger partial charge is 0.225 e. The van der Waals surface area contributed by atoms with Gasteiger partial charge in [0.2, 0.25) is 5.91 Å². The van der Waals surface area contributed by atoms with Crippen molar-refractivity contribution in [1.29, 1.82) is 0 Å². The Kier molecular flexibility index (Phi) is 3.80. The molecule has 0 radical (unpaired) electrons. The molecule has 1 amide bonds. The molecule has 0 bridgehead atoms. The molecule has 4 nitrogen and oxygen atoms in total. The van der Waals surface area contributed by atoms with Crippen molar-refractivity contribution in [3.63, 3.8) is 0 Å². The Bertz CT molecular complexity index is 959. The molecule has 25 heavy (non-hydrogen) atoms. The highest BCUT2D eigenvalue weighted by Crippen LogP contribution is 2.46. The number of hydrogen-bond acceptors (Lipinski definition) is 3. The summed E-state index contributed by atoms with van der Waals surface area (Å²) in [6, 6.07) is 18.2. The lowest BCUT2D eigenvalue weighted by Gasteiger charge is -2.29. The monoisotopic (exact) mass is 333 g/mol. The molecule has 0 saturated carbocycles. The second kappa shape index (κ2) is 6.13. The van der Waals surface area contributed by atoms with Crippen LogP contribution < -0.4 is 14.8 Å². The van der Waals surface area contributed by atoms with Gasteiger partial charge in [0.15, 0.2) is 0 Å². The third-order valence-electron chi connectivity index (χ3n) is 4.78. The number of fused-ring (bicyclic) bond motifs is 2. The fraction of sp³-hybridized carbons (Fsp3) is 0.190. The van der Waals surface area contributed by atoms with E-state index in [1.54, 1.807) is 14.2 Å². The number of ether oxygens (including phenoxy) is 2. The van der Waals surface area contributed by atoms with Crippen LogP contribution in [0.3, 0.4) is 0 Å². The van der Waals surface area contributed by atoms with Crippen molar-refractivity contribution in [2.45, 2.75) is 12.3 Å². The Morgan fingerprint density at radius 1 is 1.00 bits per heavy atom. The van der Waals surface area contributed by atoms with E-state index in [4.69, 9.17) is 9.47 Å². The zero-order valence-electron chi connectivity index (χ0n) is 14.2. The summed E-state index contributed by atoms with van der Waals surface area (Å²) in [6.45, 7) is 0. The first-order valence-electron chi connectivity index (χ1n) is 8.24. The summed E-state index contributed by atoms with van der Waals surface area (Å²) in [6.07, 6.45) is 0.393. The molecule has 4 rings (SSSR count). The molecule has 3 aromatic carbocycles. The van der Waals surface area contributed by atoms with Gasteiger partial charge in [0.05, 0.1) is 19.9 Å². The van der Waals surface area contributed by atoms with Gasteiger partial charge >= 0.3 is 0 Å². The highest BCUT2D eigenvalue weighted by atomic mass is 16.5. The summed E-state index contributed by atoms with van der Waals surface area (Å²) >= 11 is 0. The molecule has 0 saturated heterocycles. The summed E-state index contributed by atoms with van der Waals surface area (Å²) in [7, 11) is 3.25. The van der Waals surface area contributed by atoms with E-state index >= 15 is 0 Å². The minimum atomic E-state index is -0.0595. The fourth-order valence-corrected chi connectivity index (χ4v) is 3.66. The van der Waals surface area contributed by atoms with E-state index in [1.807, 2.05) is 30.3 Å². The lowest BCUT2D eigenvalue weighted by atomic mass is 9.82. The van der Waals surface area contributed by atoms with E-state index in [-0.39, 0.29) is 11.8 Å². The zero-order chi connectivity index (χ0) is 17.4. The van der Waals surface area contributed by atoms with Crippen LogP contribution in [0.25, 0.3) is 10.8 Å². The van der Waals surface area contributed by atoms with Gasteiger partial charge in [-0.25, -0.2) is 0 Å². The third-order valence-corrected chi connectivity index (χ3v) is 4.78. The van der Waals surface area contributed by atoms with Gasteiger partial charge in [0.25, 0.3) is 0 Å². The SMILES string of the molecule is COc1cc2c(c(OC)c1)[C@@H](c1cccc3ccccc13)CC(=O)N2. The first-order valence-corrected chi connectivity index (χ1v) is 8.24. The minimum absolute atomic E-state index is 0.000685. The summed E-state index contributed by atoms with van der Waals surface area (Å²) in [5.74, 6) is 1.33. The molecule has 3 aromatic rings. The number of rotatable bonds is 3. The van der Waals surface area contributed by atoms with Crippen molar-refractivity contribution in [2.75, 3.05) is 19.5 Å². The number of carbonyl (C=O) groups excluding carboxylic acids is 1. The molecule has 1 atom stereocenters. The van der Waals surface area contributed by atoms with Crippen LogP contribution in [0.1, 0.15) is 23.5 Å². The van der Waals surface area contributed by atoms with Gasteiger partial charge in [-0.1, -0.05) is 42.5 Å². The highest BCUT2D eigenvalue weighted by molar-refractivity contribution is 5.98. The molecule has 0 aromatic heterocycles. The summed E-state index contributed by atoms with van der Waals surface area (Å²) < 4.78 is 11.0. The van der Waals surface area contributed by atoms with E-state index < -0.39 is 0 Å². The second-order valence-corrected chi connectivity index (χ2v) is 6.16. The third kappa shape index (κ3) is 2.60. The number of anilines is 1. The van der Waals surface area contributed by atoms with Gasteiger partial charge in [-0.05, 0) is 16.3 Å². The standard InChI is InChI=1S/C21H19NO3/c1-24-14-10-18-21(19(11-14)25-2)17(12-20(23)22-18)16-9-5-7-13-6-3-4-8-15(13)16/h3-11,17H,12H2,1-2H3,(H,22,23)/t17-/m1/s1. The van der Waals surface area contributed by atoms with E-state index in [2.05, 4.69) is 29.6 Å². The second-order valence-electron chi connectivity index (χ2n) is 6.16. The maximum absolute atomic E-state index is 12.4. The van der Waals surface area contributed by atoms with E-state index in [0.717, 1.165) is 28.0 Å². The average Bonchev–Trinajstić information content (AvgIpc) is 2.65. The summed E-state index contributed by atoms with van der Waals surface area (Å²) in [5.41, 5.74) is 2.89. The van der Waals surface area contributed by atoms with Gasteiger partial charge in [-0.2, -0.15) is 0 Å². The lowest BCUT2D eigenvalue weighted by molar-refractivity contribution is -0.116. The van der Waals surface area contributed by atoms with Crippen LogP contribution in [0, 0.1) is 0 Å². The molecule has 1 heterocycles. The van der Waals surface area contributed by atoms with Gasteiger partial charge in [0, 0.05) is 30.0 Å². The van der Waals surface area contributed by atoms with Crippen LogP contribution in [-0.2, 0) is 4.79 Å². The topological polar surface area (TPSA) is 47.6 Å². The number of nitrogens with one attached hydrogen (secondary N) is 1. The Hall–Kier alpha value is -3.01. The van der Waals surface area contributed by atoms with Crippen molar-refractivity contribution in [3.05, 3.63) is 65.7 Å². The van der Waals surface area contributed by atoms with Gasteiger partial charge in [0.1, 0.15) is 11.5 Å². The minimum Gasteiger partial charge on any atom is -0.497 e. The molecule has 126 valence electrons. The summed E-state index contributed by atoms with van der Waals surface area (Å²) in [5, 5.41) is 5.29. The van der Waals surface area contributed by atoms with Crippen LogP contribution in [0.4, 0.5) is 5.69 Å². The molecule has 1 aliphatic heterocycles. The van der Waals surface area contributed by atoms with Gasteiger partial charge < -0.3 is 14.8 Å². The Balaban J connectivity index is 1.97. The lowest BCUT2D eigenvalue weighted by Crippen LogP contribution is -2.24. The van der Waals surface area contributed by atoms with Gasteiger partial charge in [-0.3, -0.25) is 4.79 Å². The van der Waals surface area contributed by atoms with Crippen LogP contribution >= 0.6 is 0 Å². The quantitative estimate of drug-likeness (QED) is 0.776. The van der Waals surface area contributed by atoms with Crippen LogP contribution in [0.15, 0.2) is 54.6 Å². The van der Waals surface area contributed by atoms with Crippen molar-refractivity contribution in [3.8, 4) is 11.5 Å². The van der Waals surface area contributed by atoms with Crippen molar-refractivity contribution in [1.82, 2.24) is 0 Å². The van der Waals surface area contributed by atoms with Crippen LogP contribution in [0.2, 0.25) is 0 Å². The Morgan fingerprint density at radius 3 is 2.60 bits per heavy atom. The van der Waals surface area contributed by atoms with E-state index in [0.29, 0.717) is 12.2 Å². The normalized spacial score (nSPS) is 16.2. The number of methoxy groups -OCH3 is 2. The number of carbonyl (C=O) groups is 1. The Morgan fingerprint density at radius 2 is 1.80 bits per heavy atom. The van der Waals surface area contributed by atoms with Crippen molar-refractivity contribution < 1.29 is 14.3 Å². The number of hydrogen-bond donors (Lipinski definition) is 1. The van der Waals surface area contributed by atoms with Crippen LogP contribution in [0.5, 0.6) is 11.5 Å². The molecule has 0 aliphatic carbocycles. The first-order chi connectivity index (χ1) is 12.2. The Labute approximate surface area is 146 Å². The molecule has 1 N–H and O–H groups in total. The largest absolute Gasteiger partial charge is 0.497 e. The summed E-state index contributed by atoms with van der Waals surface area (Å²) in [4.78, 5) is 12.4. The molecule has 4 heteroatoms. The van der Waals surface area contributed by atoms with E-state index in [1.165, 1.54) is 5.39 Å². The molecular weight excluding hydrogens is 314 g/mol. The molecule has 0 fully saturated rings. The van der Waals surface area contributed by atoms with Crippen molar-refractivity contribution in [2.24, 2.45) is 0 Å². The molecule has 0 unspecified atom stereocenters. The predicted octanol–water partition coefficient (Wildman–Crippen LogP) is 4.33. The first kappa shape index (κ1) is 15.5. The maximum Gasteiger partial charge on any atom is 0.225 e.